The molecule has 2 rings (SSSR count). The molecule has 6 unspecified atom stereocenters. The van der Waals surface area contributed by atoms with Gasteiger partial charge in [0.15, 0.2) is 17.9 Å². The molecule has 0 spiro atoms. The number of hydrogen-bond donors (Lipinski definition) is 2. The number of alkyl halides is 1. The first-order valence-corrected chi connectivity index (χ1v) is 12.6. The number of aromatic nitrogens is 2. The molecule has 17 heteroatoms. The van der Waals surface area contributed by atoms with E-state index in [2.05, 4.69) is 4.74 Å². The van der Waals surface area contributed by atoms with Crippen LogP contribution >= 0.6 is 8.17 Å². The van der Waals surface area contributed by atoms with Crippen LogP contribution in [0, 0.1) is 0 Å². The van der Waals surface area contributed by atoms with Crippen molar-refractivity contribution >= 4 is 20.3 Å². The van der Waals surface area contributed by atoms with Gasteiger partial charge in [-0.1, -0.05) is 9.27 Å². The lowest BCUT2D eigenvalue weighted by Crippen LogP contribution is -2.44. The third-order valence-corrected chi connectivity index (χ3v) is 5.77. The largest absolute Gasteiger partial charge is 0.583 e. The van der Waals surface area contributed by atoms with Crippen LogP contribution in [0.3, 0.4) is 0 Å². The number of ether oxygens (including phenoxy) is 5. The fourth-order valence-electron chi connectivity index (χ4n) is 3.14. The van der Waals surface area contributed by atoms with Gasteiger partial charge in [-0.25, -0.2) is 18.8 Å². The molecule has 1 aromatic heterocycles. The fraction of sp³-hybridized carbons (Fsp3) is 0.714. The minimum Gasteiger partial charge on any atom is -0.583 e. The standard InChI is InChI=1S/C21H31FN3O12P/c1-10(2)33-16(28)12(5)24-38(31)37-20(36-19(30)34-11(3)4)32-9-13-15(27)21(6,22)17(35-13)25-8-7-14(26)23-18(25)29/h7-8,10-13,15,17,20,27H,9H2,1-6H3,(H,23,26,29)/t12-,13?,15?,17?,20?,21?/m1/s1. The lowest BCUT2D eigenvalue weighted by molar-refractivity contribution is -0.264. The van der Waals surface area contributed by atoms with Gasteiger partial charge in [-0.2, -0.15) is 0 Å². The molecule has 0 amide bonds. The molecule has 1 aromatic rings. The lowest BCUT2D eigenvalue weighted by Gasteiger charge is -2.24. The Morgan fingerprint density at radius 2 is 1.87 bits per heavy atom. The van der Waals surface area contributed by atoms with Gasteiger partial charge in [-0.05, 0) is 41.5 Å². The average molecular weight is 567 g/mol. The summed E-state index contributed by atoms with van der Waals surface area (Å²) in [6.45, 7) is 5.81. The van der Waals surface area contributed by atoms with E-state index in [0.29, 0.717) is 0 Å². The summed E-state index contributed by atoms with van der Waals surface area (Å²) in [4.78, 5) is 61.6. The van der Waals surface area contributed by atoms with Crippen LogP contribution in [0.2, 0.25) is 0 Å². The minimum absolute atomic E-state index is 0.445. The highest BCUT2D eigenvalue weighted by molar-refractivity contribution is 7.33. The Hall–Kier alpha value is -2.75. The third kappa shape index (κ3) is 8.64. The zero-order chi connectivity index (χ0) is 28.8. The number of nitrogens with zero attached hydrogens (tertiary/aromatic N) is 2. The number of halogens is 1. The van der Waals surface area contributed by atoms with Crippen LogP contribution in [0.25, 0.3) is 0 Å². The molecule has 1 saturated heterocycles. The summed E-state index contributed by atoms with van der Waals surface area (Å²) in [7, 11) is -3.01. The van der Waals surface area contributed by atoms with Gasteiger partial charge in [-0.15, -0.1) is 0 Å². The zero-order valence-electron chi connectivity index (χ0n) is 21.6. The molecular formula is C21H31FN3O12P. The predicted octanol–water partition coefficient (Wildman–Crippen LogP) is 0.597. The van der Waals surface area contributed by atoms with E-state index in [1.165, 1.54) is 20.8 Å². The van der Waals surface area contributed by atoms with Gasteiger partial charge in [-0.3, -0.25) is 14.3 Å². The number of aliphatic hydroxyl groups is 1. The summed E-state index contributed by atoms with van der Waals surface area (Å²) in [6.07, 6.45) is -6.30. The van der Waals surface area contributed by atoms with Gasteiger partial charge in [0.2, 0.25) is 0 Å². The van der Waals surface area contributed by atoms with E-state index < -0.39 is 87.0 Å². The second kappa shape index (κ2) is 13.4. The van der Waals surface area contributed by atoms with E-state index >= 15 is 4.39 Å². The monoisotopic (exact) mass is 567 g/mol. The van der Waals surface area contributed by atoms with Crippen LogP contribution < -0.4 is 16.1 Å². The Balaban J connectivity index is 2.16. The second-order valence-electron chi connectivity index (χ2n) is 8.92. The Kier molecular flexibility index (Phi) is 11.1. The Morgan fingerprint density at radius 3 is 2.45 bits per heavy atom. The number of carbonyl (C=O) groups excluding carboxylic acids is 2. The maximum atomic E-state index is 15.4. The SMILES string of the molecule is CC(C)OC(=O)OC(OCC1OC(n2ccc(=O)[nH]c2=O)C(C)(F)C1O)O[P+]([O-])=N[C@H](C)C(=O)OC(C)C. The molecule has 2 N–H and O–H groups in total. The van der Waals surface area contributed by atoms with Crippen molar-refractivity contribution in [3.05, 3.63) is 33.1 Å². The Labute approximate surface area is 217 Å². The second-order valence-corrected chi connectivity index (χ2v) is 9.83. The summed E-state index contributed by atoms with van der Waals surface area (Å²) in [6, 6.07) is -0.236. The quantitative estimate of drug-likeness (QED) is 0.215. The zero-order valence-corrected chi connectivity index (χ0v) is 22.5. The molecule has 1 aliphatic heterocycles. The Morgan fingerprint density at radius 1 is 1.24 bits per heavy atom. The van der Waals surface area contributed by atoms with Crippen molar-refractivity contribution in [1.82, 2.24) is 9.55 Å². The van der Waals surface area contributed by atoms with E-state index in [1.807, 2.05) is 4.98 Å². The number of H-pyrrole nitrogens is 1. The molecule has 1 aliphatic rings. The van der Waals surface area contributed by atoms with E-state index in [4.69, 9.17) is 28.2 Å². The first-order chi connectivity index (χ1) is 17.6. The molecule has 2 heterocycles. The summed E-state index contributed by atoms with van der Waals surface area (Å²) in [5, 5.41) is 10.5. The number of carbonyl (C=O) groups is 2. The average Bonchev–Trinajstić information content (AvgIpc) is 2.99. The summed E-state index contributed by atoms with van der Waals surface area (Å²) >= 11 is 0. The normalized spacial score (nSPS) is 25.3. The van der Waals surface area contributed by atoms with Crippen molar-refractivity contribution < 1.29 is 52.2 Å². The van der Waals surface area contributed by atoms with Crippen molar-refractivity contribution in [1.29, 1.82) is 0 Å². The summed E-state index contributed by atoms with van der Waals surface area (Å²) in [5.41, 5.74) is -4.23. The van der Waals surface area contributed by atoms with Crippen molar-refractivity contribution in [2.75, 3.05) is 6.61 Å². The molecule has 0 saturated carbocycles. The molecule has 0 bridgehead atoms. The van der Waals surface area contributed by atoms with Gasteiger partial charge in [0, 0.05) is 12.3 Å². The van der Waals surface area contributed by atoms with Crippen LogP contribution in [0.4, 0.5) is 9.18 Å². The summed E-state index contributed by atoms with van der Waals surface area (Å²) in [5.74, 6) is -0.780. The molecule has 1 fully saturated rings. The molecule has 15 nitrogen and oxygen atoms in total. The van der Waals surface area contributed by atoms with Crippen LogP contribution in [-0.4, -0.2) is 76.0 Å². The predicted molar refractivity (Wildman–Crippen MR) is 124 cm³/mol. The van der Waals surface area contributed by atoms with Crippen molar-refractivity contribution in [3.8, 4) is 0 Å². The van der Waals surface area contributed by atoms with E-state index in [-0.39, 0.29) is 0 Å². The van der Waals surface area contributed by atoms with Crippen LogP contribution in [0.15, 0.2) is 26.6 Å². The lowest BCUT2D eigenvalue weighted by atomic mass is 9.98. The van der Waals surface area contributed by atoms with Crippen molar-refractivity contribution in [3.63, 3.8) is 0 Å². The number of rotatable bonds is 11. The fourth-order valence-corrected chi connectivity index (χ4v) is 3.82. The van der Waals surface area contributed by atoms with Crippen LogP contribution in [0.5, 0.6) is 0 Å². The van der Waals surface area contributed by atoms with Gasteiger partial charge >= 0.3 is 32.5 Å². The van der Waals surface area contributed by atoms with E-state index in [0.717, 1.165) is 23.8 Å². The van der Waals surface area contributed by atoms with Crippen LogP contribution in [-0.2, 0) is 33.0 Å². The van der Waals surface area contributed by atoms with Gasteiger partial charge in [0.25, 0.3) is 5.56 Å². The minimum atomic E-state index is -3.01. The van der Waals surface area contributed by atoms with Gasteiger partial charge < -0.3 is 33.7 Å². The highest BCUT2D eigenvalue weighted by Crippen LogP contribution is 2.40. The number of aliphatic hydroxyl groups excluding tert-OH is 1. The molecule has 7 atom stereocenters. The highest BCUT2D eigenvalue weighted by Gasteiger charge is 2.55. The van der Waals surface area contributed by atoms with Gasteiger partial charge in [0.1, 0.15) is 12.2 Å². The molecular weight excluding hydrogens is 536 g/mol. The molecule has 214 valence electrons. The maximum Gasteiger partial charge on any atom is 0.512 e. The number of aromatic amines is 1. The first-order valence-electron chi connectivity index (χ1n) is 11.5. The number of hydrogen-bond acceptors (Lipinski definition) is 13. The molecule has 0 aromatic carbocycles. The Bertz CT molecular complexity index is 1120. The van der Waals surface area contributed by atoms with E-state index in [9.17, 15) is 29.2 Å². The van der Waals surface area contributed by atoms with Crippen molar-refractivity contribution in [2.45, 2.75) is 90.4 Å². The molecule has 38 heavy (non-hydrogen) atoms. The summed E-state index contributed by atoms with van der Waals surface area (Å²) < 4.78 is 50.0. The number of nitrogens with one attached hydrogen (secondary N) is 1. The smallest absolute Gasteiger partial charge is 0.512 e. The third-order valence-electron chi connectivity index (χ3n) is 4.88. The maximum absolute atomic E-state index is 15.4. The van der Waals surface area contributed by atoms with Crippen LogP contribution in [0.1, 0.15) is 47.8 Å². The highest BCUT2D eigenvalue weighted by atomic mass is 31.1. The van der Waals surface area contributed by atoms with E-state index in [1.54, 1.807) is 13.8 Å². The first kappa shape index (κ1) is 31.5. The topological polar surface area (TPSA) is 200 Å². The molecule has 0 radical (unpaired) electrons. The number of esters is 1. The van der Waals surface area contributed by atoms with Gasteiger partial charge in [0.05, 0.1) is 18.8 Å². The molecule has 0 aliphatic carbocycles. The van der Waals surface area contributed by atoms with Crippen molar-refractivity contribution in [2.24, 2.45) is 4.74 Å².